The molecule has 3 heteroatoms. The summed E-state index contributed by atoms with van der Waals surface area (Å²) in [4.78, 5) is 2.47. The van der Waals surface area contributed by atoms with Gasteiger partial charge in [0.25, 0.3) is 0 Å². The molecule has 1 unspecified atom stereocenters. The lowest BCUT2D eigenvalue weighted by Crippen LogP contribution is -2.41. The molecule has 18 heavy (non-hydrogen) atoms. The number of benzene rings is 1. The van der Waals surface area contributed by atoms with Crippen molar-refractivity contribution in [2.24, 2.45) is 5.73 Å². The Bertz CT molecular complexity index is 367. The molecule has 1 aliphatic heterocycles. The molecule has 0 fully saturated rings. The second kappa shape index (κ2) is 6.76. The molecule has 2 rings (SSSR count). The average Bonchev–Trinajstić information content (AvgIpc) is 2.62. The number of nitrogens with zero attached hydrogens (tertiary/aromatic N) is 1. The minimum Gasteiger partial charge on any atom is -0.492 e. The van der Waals surface area contributed by atoms with Gasteiger partial charge in [-0.1, -0.05) is 38.0 Å². The second-order valence-corrected chi connectivity index (χ2v) is 4.96. The number of fused-ring (bicyclic) bond motifs is 1. The van der Waals surface area contributed by atoms with Gasteiger partial charge in [-0.05, 0) is 12.5 Å². The van der Waals surface area contributed by atoms with E-state index >= 15 is 0 Å². The molecule has 1 aromatic rings. The van der Waals surface area contributed by atoms with Crippen molar-refractivity contribution in [3.8, 4) is 5.75 Å². The lowest BCUT2D eigenvalue weighted by molar-refractivity contribution is 0.163. The zero-order chi connectivity index (χ0) is 12.8. The maximum absolute atomic E-state index is 5.93. The highest BCUT2D eigenvalue weighted by atomic mass is 16.5. The number of nitrogens with two attached hydrogens (primary N) is 1. The number of unbranched alkanes of at least 4 members (excludes halogenated alkanes) is 1. The maximum Gasteiger partial charge on any atom is 0.123 e. The molecule has 0 saturated heterocycles. The molecule has 2 N–H and O–H groups in total. The highest BCUT2D eigenvalue weighted by Gasteiger charge is 2.21. The molecule has 1 aromatic carbocycles. The first-order valence-electron chi connectivity index (χ1n) is 7.00. The summed E-state index contributed by atoms with van der Waals surface area (Å²) < 4.78 is 5.80. The molecule has 1 heterocycles. The summed E-state index contributed by atoms with van der Waals surface area (Å²) in [6.07, 6.45) is 3.67. The van der Waals surface area contributed by atoms with Gasteiger partial charge < -0.3 is 10.5 Å². The predicted molar refractivity (Wildman–Crippen MR) is 74.7 cm³/mol. The molecule has 0 radical (unpaired) electrons. The van der Waals surface area contributed by atoms with Gasteiger partial charge in [0.05, 0.1) is 0 Å². The normalized spacial score (nSPS) is 17.7. The van der Waals surface area contributed by atoms with Crippen molar-refractivity contribution >= 4 is 0 Å². The maximum atomic E-state index is 5.93. The third-order valence-electron chi connectivity index (χ3n) is 3.66. The van der Waals surface area contributed by atoms with Crippen LogP contribution in [-0.4, -0.2) is 30.6 Å². The van der Waals surface area contributed by atoms with Crippen LogP contribution in [0, 0.1) is 0 Å². The zero-order valence-electron chi connectivity index (χ0n) is 11.3. The van der Waals surface area contributed by atoms with E-state index in [1.165, 1.54) is 24.8 Å². The Hall–Kier alpha value is -1.06. The Balaban J connectivity index is 2.06. The monoisotopic (exact) mass is 248 g/mol. The number of hydrogen-bond acceptors (Lipinski definition) is 3. The van der Waals surface area contributed by atoms with Crippen LogP contribution in [0.25, 0.3) is 0 Å². The fourth-order valence-electron chi connectivity index (χ4n) is 2.55. The van der Waals surface area contributed by atoms with Crippen molar-refractivity contribution in [2.75, 3.05) is 19.7 Å². The SMILES string of the molecule is CCCCC(CN)N1CCOc2ccccc2C1. The smallest absolute Gasteiger partial charge is 0.123 e. The minimum atomic E-state index is 0.486. The minimum absolute atomic E-state index is 0.486. The van der Waals surface area contributed by atoms with E-state index in [0.29, 0.717) is 6.04 Å². The molecule has 100 valence electrons. The van der Waals surface area contributed by atoms with Gasteiger partial charge in [0.15, 0.2) is 0 Å². The predicted octanol–water partition coefficient (Wildman–Crippen LogP) is 2.40. The van der Waals surface area contributed by atoms with Gasteiger partial charge in [-0.15, -0.1) is 0 Å². The third kappa shape index (κ3) is 3.24. The molecule has 1 atom stereocenters. The summed E-state index contributed by atoms with van der Waals surface area (Å²) in [5, 5.41) is 0. The number of para-hydroxylation sites is 1. The standard InChI is InChI=1S/C15H24N2O/c1-2-3-7-14(11-16)17-9-10-18-15-8-5-4-6-13(15)12-17/h4-6,8,14H,2-3,7,9-12,16H2,1H3. The van der Waals surface area contributed by atoms with E-state index in [4.69, 9.17) is 10.5 Å². The van der Waals surface area contributed by atoms with Crippen LogP contribution in [0.4, 0.5) is 0 Å². The van der Waals surface area contributed by atoms with Gasteiger partial charge in [-0.2, -0.15) is 0 Å². The van der Waals surface area contributed by atoms with Gasteiger partial charge in [-0.25, -0.2) is 0 Å². The van der Waals surface area contributed by atoms with Crippen LogP contribution >= 0.6 is 0 Å². The first-order valence-corrected chi connectivity index (χ1v) is 7.00. The van der Waals surface area contributed by atoms with E-state index in [1.807, 2.05) is 6.07 Å². The summed E-state index contributed by atoms with van der Waals surface area (Å²) in [5.41, 5.74) is 7.22. The van der Waals surface area contributed by atoms with Gasteiger partial charge in [-0.3, -0.25) is 4.90 Å². The first kappa shape index (κ1) is 13.4. The molecule has 0 bridgehead atoms. The van der Waals surface area contributed by atoms with Crippen LogP contribution < -0.4 is 10.5 Å². The van der Waals surface area contributed by atoms with Crippen LogP contribution in [0.3, 0.4) is 0 Å². The largest absolute Gasteiger partial charge is 0.492 e. The van der Waals surface area contributed by atoms with E-state index in [0.717, 1.165) is 32.0 Å². The van der Waals surface area contributed by atoms with Gasteiger partial charge in [0, 0.05) is 31.2 Å². The van der Waals surface area contributed by atoms with Crippen LogP contribution in [-0.2, 0) is 6.54 Å². The summed E-state index contributed by atoms with van der Waals surface area (Å²) in [5.74, 6) is 1.03. The van der Waals surface area contributed by atoms with Crippen molar-refractivity contribution in [1.29, 1.82) is 0 Å². The van der Waals surface area contributed by atoms with E-state index in [-0.39, 0.29) is 0 Å². The Morgan fingerprint density at radius 3 is 3.00 bits per heavy atom. The van der Waals surface area contributed by atoms with Crippen molar-refractivity contribution < 1.29 is 4.74 Å². The molecule has 3 nitrogen and oxygen atoms in total. The van der Waals surface area contributed by atoms with Crippen LogP contribution in [0.5, 0.6) is 5.75 Å². The van der Waals surface area contributed by atoms with Crippen molar-refractivity contribution in [3.05, 3.63) is 29.8 Å². The topological polar surface area (TPSA) is 38.5 Å². The quantitative estimate of drug-likeness (QED) is 0.869. The Kier molecular flexibility index (Phi) is 5.02. The Morgan fingerprint density at radius 1 is 1.39 bits per heavy atom. The number of ether oxygens (including phenoxy) is 1. The fraction of sp³-hybridized carbons (Fsp3) is 0.600. The second-order valence-electron chi connectivity index (χ2n) is 4.96. The Labute approximate surface area is 110 Å². The molecule has 0 saturated carbocycles. The van der Waals surface area contributed by atoms with Crippen molar-refractivity contribution in [2.45, 2.75) is 38.8 Å². The lowest BCUT2D eigenvalue weighted by atomic mass is 10.1. The van der Waals surface area contributed by atoms with Gasteiger partial charge in [0.1, 0.15) is 12.4 Å². The molecule has 0 spiro atoms. The molecular formula is C15H24N2O. The third-order valence-corrected chi connectivity index (χ3v) is 3.66. The van der Waals surface area contributed by atoms with Crippen LogP contribution in [0.2, 0.25) is 0 Å². The Morgan fingerprint density at radius 2 is 2.22 bits per heavy atom. The highest BCUT2D eigenvalue weighted by Crippen LogP contribution is 2.24. The average molecular weight is 248 g/mol. The summed E-state index contributed by atoms with van der Waals surface area (Å²) in [7, 11) is 0. The zero-order valence-corrected chi connectivity index (χ0v) is 11.3. The summed E-state index contributed by atoms with van der Waals surface area (Å²) in [6.45, 7) is 5.66. The lowest BCUT2D eigenvalue weighted by Gasteiger charge is -2.29. The molecule has 0 aliphatic carbocycles. The van der Waals surface area contributed by atoms with Crippen LogP contribution in [0.15, 0.2) is 24.3 Å². The first-order chi connectivity index (χ1) is 8.85. The molecular weight excluding hydrogens is 224 g/mol. The highest BCUT2D eigenvalue weighted by molar-refractivity contribution is 5.33. The number of rotatable bonds is 5. The van der Waals surface area contributed by atoms with Gasteiger partial charge in [0.2, 0.25) is 0 Å². The van der Waals surface area contributed by atoms with E-state index in [2.05, 4.69) is 30.0 Å². The summed E-state index contributed by atoms with van der Waals surface area (Å²) >= 11 is 0. The van der Waals surface area contributed by atoms with E-state index in [1.54, 1.807) is 0 Å². The number of hydrogen-bond donors (Lipinski definition) is 1. The summed E-state index contributed by atoms with van der Waals surface area (Å²) in [6, 6.07) is 8.81. The van der Waals surface area contributed by atoms with Crippen LogP contribution in [0.1, 0.15) is 31.7 Å². The van der Waals surface area contributed by atoms with E-state index < -0.39 is 0 Å². The van der Waals surface area contributed by atoms with Crippen molar-refractivity contribution in [3.63, 3.8) is 0 Å². The molecule has 0 aromatic heterocycles. The van der Waals surface area contributed by atoms with Crippen molar-refractivity contribution in [1.82, 2.24) is 4.90 Å². The van der Waals surface area contributed by atoms with Gasteiger partial charge >= 0.3 is 0 Å². The van der Waals surface area contributed by atoms with E-state index in [9.17, 15) is 0 Å². The fourth-order valence-corrected chi connectivity index (χ4v) is 2.55. The molecule has 0 amide bonds. The molecule has 1 aliphatic rings.